The molecule has 0 aliphatic heterocycles. The first-order valence-corrected chi connectivity index (χ1v) is 6.40. The number of benzene rings is 1. The van der Waals surface area contributed by atoms with Crippen LogP contribution in [0.2, 0.25) is 0 Å². The standard InChI is InChI=1S/C13H13BrN4O/c1-8-5-6-9(14)11(7-8)17-13(19)10-3-2-4-12(16-10)18-15/h2-7H,15H2,1H3,(H,16,18)(H,17,19). The van der Waals surface area contributed by atoms with Crippen molar-refractivity contribution in [2.45, 2.75) is 6.92 Å². The first kappa shape index (κ1) is 13.5. The van der Waals surface area contributed by atoms with Gasteiger partial charge in [0.05, 0.1) is 5.69 Å². The molecule has 1 aromatic heterocycles. The van der Waals surface area contributed by atoms with Crippen molar-refractivity contribution < 1.29 is 4.79 Å². The Balaban J connectivity index is 2.22. The molecule has 0 saturated heterocycles. The molecule has 6 heteroatoms. The summed E-state index contributed by atoms with van der Waals surface area (Å²) in [5.74, 6) is 5.42. The molecule has 0 radical (unpaired) electrons. The predicted molar refractivity (Wildman–Crippen MR) is 78.9 cm³/mol. The van der Waals surface area contributed by atoms with Crippen molar-refractivity contribution in [3.63, 3.8) is 0 Å². The molecule has 0 saturated carbocycles. The van der Waals surface area contributed by atoms with E-state index in [2.05, 4.69) is 31.7 Å². The molecule has 98 valence electrons. The SMILES string of the molecule is Cc1ccc(Br)c(NC(=O)c2cccc(NN)n2)c1. The maximum absolute atomic E-state index is 12.1. The number of anilines is 2. The third kappa shape index (κ3) is 3.30. The summed E-state index contributed by atoms with van der Waals surface area (Å²) < 4.78 is 0.819. The van der Waals surface area contributed by atoms with Crippen molar-refractivity contribution in [3.8, 4) is 0 Å². The Labute approximate surface area is 119 Å². The van der Waals surface area contributed by atoms with Crippen molar-refractivity contribution in [3.05, 3.63) is 52.1 Å². The number of nitrogens with zero attached hydrogens (tertiary/aromatic N) is 1. The van der Waals surface area contributed by atoms with E-state index < -0.39 is 0 Å². The number of hydrogen-bond acceptors (Lipinski definition) is 4. The highest BCUT2D eigenvalue weighted by atomic mass is 79.9. The predicted octanol–water partition coefficient (Wildman–Crippen LogP) is 2.69. The van der Waals surface area contributed by atoms with E-state index in [1.165, 1.54) is 0 Å². The van der Waals surface area contributed by atoms with Crippen LogP contribution < -0.4 is 16.6 Å². The molecule has 5 nitrogen and oxygen atoms in total. The number of pyridine rings is 1. The molecule has 1 aromatic carbocycles. The Hall–Kier alpha value is -1.92. The van der Waals surface area contributed by atoms with Gasteiger partial charge in [-0.25, -0.2) is 10.8 Å². The number of rotatable bonds is 3. The van der Waals surface area contributed by atoms with E-state index >= 15 is 0 Å². The number of hydrogen-bond donors (Lipinski definition) is 3. The van der Waals surface area contributed by atoms with Crippen LogP contribution in [0.1, 0.15) is 16.1 Å². The Morgan fingerprint density at radius 2 is 2.11 bits per heavy atom. The van der Waals surface area contributed by atoms with Crippen molar-refractivity contribution in [2.24, 2.45) is 5.84 Å². The van der Waals surface area contributed by atoms with Gasteiger partial charge in [-0.1, -0.05) is 12.1 Å². The lowest BCUT2D eigenvalue weighted by atomic mass is 10.2. The monoisotopic (exact) mass is 320 g/mol. The van der Waals surface area contributed by atoms with Crippen LogP contribution >= 0.6 is 15.9 Å². The van der Waals surface area contributed by atoms with Crippen LogP contribution in [0.3, 0.4) is 0 Å². The fourth-order valence-electron chi connectivity index (χ4n) is 1.56. The van der Waals surface area contributed by atoms with E-state index in [1.807, 2.05) is 25.1 Å². The fraction of sp³-hybridized carbons (Fsp3) is 0.0769. The summed E-state index contributed by atoms with van der Waals surface area (Å²) >= 11 is 3.39. The van der Waals surface area contributed by atoms with Crippen molar-refractivity contribution >= 4 is 33.3 Å². The Bertz CT molecular complexity index is 615. The van der Waals surface area contributed by atoms with E-state index in [0.717, 1.165) is 10.0 Å². The molecular weight excluding hydrogens is 308 g/mol. The fourth-order valence-corrected chi connectivity index (χ4v) is 1.91. The average Bonchev–Trinajstić information content (AvgIpc) is 2.43. The topological polar surface area (TPSA) is 80.0 Å². The van der Waals surface area contributed by atoms with E-state index in [9.17, 15) is 4.79 Å². The summed E-state index contributed by atoms with van der Waals surface area (Å²) in [6, 6.07) is 10.7. The minimum absolute atomic E-state index is 0.289. The lowest BCUT2D eigenvalue weighted by Gasteiger charge is -2.08. The molecule has 0 aliphatic rings. The first-order valence-electron chi connectivity index (χ1n) is 5.61. The zero-order valence-corrected chi connectivity index (χ0v) is 11.9. The van der Waals surface area contributed by atoms with E-state index in [1.54, 1.807) is 18.2 Å². The Kier molecular flexibility index (Phi) is 4.13. The third-order valence-electron chi connectivity index (χ3n) is 2.50. The maximum Gasteiger partial charge on any atom is 0.274 e. The van der Waals surface area contributed by atoms with Gasteiger partial charge in [0.15, 0.2) is 0 Å². The van der Waals surface area contributed by atoms with Crippen LogP contribution in [0.4, 0.5) is 11.5 Å². The molecule has 0 aliphatic carbocycles. The van der Waals surface area contributed by atoms with Crippen LogP contribution in [0.15, 0.2) is 40.9 Å². The highest BCUT2D eigenvalue weighted by molar-refractivity contribution is 9.10. The van der Waals surface area contributed by atoms with Gasteiger partial charge in [-0.2, -0.15) is 0 Å². The second-order valence-electron chi connectivity index (χ2n) is 3.99. The van der Waals surface area contributed by atoms with Gasteiger partial charge in [-0.3, -0.25) is 4.79 Å². The van der Waals surface area contributed by atoms with E-state index in [4.69, 9.17) is 5.84 Å². The lowest BCUT2D eigenvalue weighted by molar-refractivity contribution is 0.102. The molecule has 2 aromatic rings. The normalized spacial score (nSPS) is 10.1. The smallest absolute Gasteiger partial charge is 0.274 e. The second kappa shape index (κ2) is 5.81. The highest BCUT2D eigenvalue weighted by Crippen LogP contribution is 2.23. The number of halogens is 1. The zero-order valence-electron chi connectivity index (χ0n) is 10.3. The number of nitrogen functional groups attached to an aromatic ring is 1. The summed E-state index contributed by atoms with van der Waals surface area (Å²) in [6.45, 7) is 1.96. The molecule has 19 heavy (non-hydrogen) atoms. The summed E-state index contributed by atoms with van der Waals surface area (Å²) in [4.78, 5) is 16.2. The van der Waals surface area contributed by atoms with E-state index in [-0.39, 0.29) is 5.91 Å². The molecule has 0 spiro atoms. The molecule has 0 atom stereocenters. The van der Waals surface area contributed by atoms with Gasteiger partial charge in [0.2, 0.25) is 0 Å². The second-order valence-corrected chi connectivity index (χ2v) is 4.84. The third-order valence-corrected chi connectivity index (χ3v) is 3.19. The molecular formula is C13H13BrN4O. The molecule has 2 rings (SSSR count). The Morgan fingerprint density at radius 3 is 2.84 bits per heavy atom. The summed E-state index contributed by atoms with van der Waals surface area (Å²) in [6.07, 6.45) is 0. The zero-order chi connectivity index (χ0) is 13.8. The number of hydrazine groups is 1. The number of amides is 1. The quantitative estimate of drug-likeness (QED) is 0.600. The van der Waals surface area contributed by atoms with Gasteiger partial charge in [0.1, 0.15) is 11.5 Å². The van der Waals surface area contributed by atoms with Crippen molar-refractivity contribution in [1.82, 2.24) is 4.98 Å². The van der Waals surface area contributed by atoms with Gasteiger partial charge in [0, 0.05) is 4.47 Å². The summed E-state index contributed by atoms with van der Waals surface area (Å²) in [5, 5.41) is 2.80. The number of carbonyl (C=O) groups is 1. The van der Waals surface area contributed by atoms with Crippen LogP contribution in [-0.2, 0) is 0 Å². The number of carbonyl (C=O) groups excluding carboxylic acids is 1. The van der Waals surface area contributed by atoms with Crippen LogP contribution in [0, 0.1) is 6.92 Å². The molecule has 0 bridgehead atoms. The molecule has 1 amide bonds. The first-order chi connectivity index (χ1) is 9.10. The van der Waals surface area contributed by atoms with Gasteiger partial charge in [-0.05, 0) is 52.7 Å². The number of aryl methyl sites for hydroxylation is 1. The van der Waals surface area contributed by atoms with Gasteiger partial charge in [0.25, 0.3) is 5.91 Å². The minimum atomic E-state index is -0.289. The van der Waals surface area contributed by atoms with Crippen LogP contribution in [-0.4, -0.2) is 10.9 Å². The maximum atomic E-state index is 12.1. The van der Waals surface area contributed by atoms with Crippen molar-refractivity contribution in [1.29, 1.82) is 0 Å². The number of nitrogens with one attached hydrogen (secondary N) is 2. The highest BCUT2D eigenvalue weighted by Gasteiger charge is 2.10. The van der Waals surface area contributed by atoms with Gasteiger partial charge >= 0.3 is 0 Å². The minimum Gasteiger partial charge on any atom is -0.320 e. The number of nitrogens with two attached hydrogens (primary N) is 1. The summed E-state index contributed by atoms with van der Waals surface area (Å²) in [7, 11) is 0. The van der Waals surface area contributed by atoms with Crippen LogP contribution in [0.25, 0.3) is 0 Å². The average molecular weight is 321 g/mol. The lowest BCUT2D eigenvalue weighted by Crippen LogP contribution is -2.16. The van der Waals surface area contributed by atoms with Gasteiger partial charge in [-0.15, -0.1) is 0 Å². The molecule has 1 heterocycles. The largest absolute Gasteiger partial charge is 0.320 e. The Morgan fingerprint density at radius 1 is 1.32 bits per heavy atom. The van der Waals surface area contributed by atoms with Crippen molar-refractivity contribution in [2.75, 3.05) is 10.7 Å². The van der Waals surface area contributed by atoms with E-state index in [0.29, 0.717) is 17.2 Å². The number of aromatic nitrogens is 1. The van der Waals surface area contributed by atoms with Gasteiger partial charge < -0.3 is 10.7 Å². The molecule has 0 unspecified atom stereocenters. The van der Waals surface area contributed by atoms with Crippen LogP contribution in [0.5, 0.6) is 0 Å². The molecule has 4 N–H and O–H groups in total. The molecule has 0 fully saturated rings. The summed E-state index contributed by atoms with van der Waals surface area (Å²) in [5.41, 5.74) is 4.47.